The van der Waals surface area contributed by atoms with Crippen molar-refractivity contribution in [2.75, 3.05) is 25.3 Å². The van der Waals surface area contributed by atoms with Crippen LogP contribution in [0.25, 0.3) is 0 Å². The van der Waals surface area contributed by atoms with Gasteiger partial charge in [-0.15, -0.1) is 0 Å². The van der Waals surface area contributed by atoms with E-state index in [2.05, 4.69) is 26.2 Å². The van der Waals surface area contributed by atoms with Gasteiger partial charge < -0.3 is 20.5 Å². The summed E-state index contributed by atoms with van der Waals surface area (Å²) in [6, 6.07) is 6.54. The molecule has 3 N–H and O–H groups in total. The largest absolute Gasteiger partial charge is 0.493 e. The maximum absolute atomic E-state index is 12.3. The number of amides is 1. The molecule has 0 fully saturated rings. The van der Waals surface area contributed by atoms with Gasteiger partial charge in [-0.05, 0) is 34.1 Å². The summed E-state index contributed by atoms with van der Waals surface area (Å²) in [7, 11) is 3.00. The number of nitrogens with two attached hydrogens (primary N) is 1. The van der Waals surface area contributed by atoms with Crippen molar-refractivity contribution in [2.45, 2.75) is 0 Å². The van der Waals surface area contributed by atoms with Crippen LogP contribution in [0.15, 0.2) is 35.1 Å². The van der Waals surface area contributed by atoms with Gasteiger partial charge in [0.15, 0.2) is 11.5 Å². The lowest BCUT2D eigenvalue weighted by Crippen LogP contribution is -2.14. The maximum Gasteiger partial charge on any atom is 0.257 e. The monoisotopic (exact) mass is 351 g/mol. The Kier molecular flexibility index (Phi) is 4.64. The van der Waals surface area contributed by atoms with Gasteiger partial charge in [-0.1, -0.05) is 0 Å². The van der Waals surface area contributed by atoms with Crippen molar-refractivity contribution in [3.8, 4) is 11.5 Å². The second kappa shape index (κ2) is 6.45. The molecule has 0 saturated carbocycles. The number of methoxy groups -OCH3 is 2. The summed E-state index contributed by atoms with van der Waals surface area (Å²) < 4.78 is 11.0. The van der Waals surface area contributed by atoms with Crippen molar-refractivity contribution in [1.82, 2.24) is 4.98 Å². The normalized spacial score (nSPS) is 10.0. The summed E-state index contributed by atoms with van der Waals surface area (Å²) in [6.07, 6.45) is 1.54. The zero-order chi connectivity index (χ0) is 15.4. The summed E-state index contributed by atoms with van der Waals surface area (Å²) in [5.41, 5.74) is 7.05. The number of pyridine rings is 1. The number of hydrogen-bond acceptors (Lipinski definition) is 5. The second-order valence-electron chi connectivity index (χ2n) is 4.12. The first-order chi connectivity index (χ1) is 10.0. The van der Waals surface area contributed by atoms with Gasteiger partial charge in [0.2, 0.25) is 0 Å². The number of ether oxygens (including phenoxy) is 2. The molecule has 0 radical (unpaired) electrons. The third-order valence-corrected chi connectivity index (χ3v) is 3.25. The lowest BCUT2D eigenvalue weighted by Gasteiger charge is -2.12. The van der Waals surface area contributed by atoms with E-state index in [0.29, 0.717) is 33.0 Å². The number of rotatable bonds is 4. The second-order valence-corrected chi connectivity index (χ2v) is 4.93. The number of nitrogens with zero attached hydrogens (tertiary/aromatic N) is 1. The molecule has 1 aromatic carbocycles. The van der Waals surface area contributed by atoms with Crippen LogP contribution < -0.4 is 20.5 Å². The molecular weight excluding hydrogens is 338 g/mol. The fourth-order valence-corrected chi connectivity index (χ4v) is 1.97. The molecule has 1 aromatic heterocycles. The van der Waals surface area contributed by atoms with Crippen molar-refractivity contribution in [1.29, 1.82) is 0 Å². The molecule has 21 heavy (non-hydrogen) atoms. The highest BCUT2D eigenvalue weighted by atomic mass is 79.9. The summed E-state index contributed by atoms with van der Waals surface area (Å²) >= 11 is 3.23. The minimum absolute atomic E-state index is 0.301. The molecular formula is C14H14BrN3O3. The molecule has 2 rings (SSSR count). The SMILES string of the molecule is COc1cc(N)c(C(=O)Nc2ccc(Br)nc2)cc1OC. The van der Waals surface area contributed by atoms with Gasteiger partial charge in [0.1, 0.15) is 4.60 Å². The minimum Gasteiger partial charge on any atom is -0.493 e. The van der Waals surface area contributed by atoms with Gasteiger partial charge in [-0.25, -0.2) is 4.98 Å². The highest BCUT2D eigenvalue weighted by molar-refractivity contribution is 9.10. The van der Waals surface area contributed by atoms with Crippen LogP contribution in [0.1, 0.15) is 10.4 Å². The van der Waals surface area contributed by atoms with Crippen LogP contribution in [0.3, 0.4) is 0 Å². The van der Waals surface area contributed by atoms with E-state index in [1.54, 1.807) is 24.4 Å². The fraction of sp³-hybridized carbons (Fsp3) is 0.143. The molecule has 0 aliphatic carbocycles. The molecule has 0 bridgehead atoms. The lowest BCUT2D eigenvalue weighted by molar-refractivity contribution is 0.102. The number of anilines is 2. The maximum atomic E-state index is 12.3. The number of carbonyl (C=O) groups excluding carboxylic acids is 1. The minimum atomic E-state index is -0.349. The van der Waals surface area contributed by atoms with Crippen LogP contribution in [0.4, 0.5) is 11.4 Å². The Hall–Kier alpha value is -2.28. The quantitative estimate of drug-likeness (QED) is 0.653. The Morgan fingerprint density at radius 1 is 1.24 bits per heavy atom. The van der Waals surface area contributed by atoms with Gasteiger partial charge in [0.05, 0.1) is 31.7 Å². The Bertz CT molecular complexity index is 659. The molecule has 110 valence electrons. The highest BCUT2D eigenvalue weighted by Crippen LogP contribution is 2.32. The molecule has 0 spiro atoms. The van der Waals surface area contributed by atoms with Crippen molar-refractivity contribution >= 4 is 33.2 Å². The van der Waals surface area contributed by atoms with E-state index < -0.39 is 0 Å². The lowest BCUT2D eigenvalue weighted by atomic mass is 10.1. The number of nitrogen functional groups attached to an aromatic ring is 1. The van der Waals surface area contributed by atoms with Crippen LogP contribution in [0.2, 0.25) is 0 Å². The number of nitrogens with one attached hydrogen (secondary N) is 1. The van der Waals surface area contributed by atoms with E-state index in [1.807, 2.05) is 0 Å². The Morgan fingerprint density at radius 2 is 1.90 bits per heavy atom. The molecule has 7 heteroatoms. The average Bonchev–Trinajstić information content (AvgIpc) is 2.49. The van der Waals surface area contributed by atoms with Gasteiger partial charge in [-0.3, -0.25) is 4.79 Å². The first-order valence-electron chi connectivity index (χ1n) is 5.99. The average molecular weight is 352 g/mol. The van der Waals surface area contributed by atoms with E-state index in [1.165, 1.54) is 20.3 Å². The van der Waals surface area contributed by atoms with E-state index in [9.17, 15) is 4.79 Å². The molecule has 0 aliphatic rings. The molecule has 1 amide bonds. The summed E-state index contributed by atoms with van der Waals surface area (Å²) in [5.74, 6) is 0.556. The van der Waals surface area contributed by atoms with E-state index in [0.717, 1.165) is 0 Å². The Morgan fingerprint density at radius 3 is 2.48 bits per heavy atom. The van der Waals surface area contributed by atoms with Gasteiger partial charge in [0.25, 0.3) is 5.91 Å². The molecule has 6 nitrogen and oxygen atoms in total. The standard InChI is InChI=1S/C14H14BrN3O3/c1-20-11-5-9(10(16)6-12(11)21-2)14(19)18-8-3-4-13(15)17-7-8/h3-7H,16H2,1-2H3,(H,18,19). The molecule has 1 heterocycles. The molecule has 2 aromatic rings. The molecule has 0 unspecified atom stereocenters. The Balaban J connectivity index is 2.28. The predicted molar refractivity (Wildman–Crippen MR) is 83.8 cm³/mol. The van der Waals surface area contributed by atoms with E-state index in [-0.39, 0.29) is 5.91 Å². The molecule has 0 atom stereocenters. The third-order valence-electron chi connectivity index (χ3n) is 2.79. The Labute approximate surface area is 130 Å². The van der Waals surface area contributed by atoms with Crippen molar-refractivity contribution in [2.24, 2.45) is 0 Å². The molecule has 0 aliphatic heterocycles. The number of halogens is 1. The van der Waals surface area contributed by atoms with Gasteiger partial charge in [-0.2, -0.15) is 0 Å². The van der Waals surface area contributed by atoms with Crippen LogP contribution in [-0.4, -0.2) is 25.1 Å². The molecule has 0 saturated heterocycles. The summed E-state index contributed by atoms with van der Waals surface area (Å²) in [5, 5.41) is 2.72. The zero-order valence-corrected chi connectivity index (χ0v) is 13.1. The van der Waals surface area contributed by atoms with Crippen molar-refractivity contribution in [3.05, 3.63) is 40.6 Å². The van der Waals surface area contributed by atoms with Gasteiger partial charge in [0, 0.05) is 11.8 Å². The van der Waals surface area contributed by atoms with Crippen molar-refractivity contribution in [3.63, 3.8) is 0 Å². The van der Waals surface area contributed by atoms with Crippen LogP contribution >= 0.6 is 15.9 Å². The summed E-state index contributed by atoms with van der Waals surface area (Å²) in [4.78, 5) is 16.3. The third kappa shape index (κ3) is 3.43. The van der Waals surface area contributed by atoms with Crippen molar-refractivity contribution < 1.29 is 14.3 Å². The number of aromatic nitrogens is 1. The topological polar surface area (TPSA) is 86.5 Å². The predicted octanol–water partition coefficient (Wildman–Crippen LogP) is 2.70. The number of carbonyl (C=O) groups is 1. The smallest absolute Gasteiger partial charge is 0.257 e. The van der Waals surface area contributed by atoms with Gasteiger partial charge >= 0.3 is 0 Å². The fourth-order valence-electron chi connectivity index (χ4n) is 1.74. The van der Waals surface area contributed by atoms with Crippen LogP contribution in [-0.2, 0) is 0 Å². The van der Waals surface area contributed by atoms with Crippen LogP contribution in [0, 0.1) is 0 Å². The first kappa shape index (κ1) is 15.1. The number of benzene rings is 1. The van der Waals surface area contributed by atoms with E-state index >= 15 is 0 Å². The number of hydrogen-bond donors (Lipinski definition) is 2. The summed E-state index contributed by atoms with van der Waals surface area (Å²) in [6.45, 7) is 0. The zero-order valence-electron chi connectivity index (χ0n) is 11.5. The highest BCUT2D eigenvalue weighted by Gasteiger charge is 2.15. The van der Waals surface area contributed by atoms with E-state index in [4.69, 9.17) is 15.2 Å². The van der Waals surface area contributed by atoms with Crippen LogP contribution in [0.5, 0.6) is 11.5 Å². The first-order valence-corrected chi connectivity index (χ1v) is 6.79.